The maximum Gasteiger partial charge on any atom is 0.257 e. The number of carbonyl (C=O) groups excluding carboxylic acids is 1. The van der Waals surface area contributed by atoms with Gasteiger partial charge >= 0.3 is 0 Å². The van der Waals surface area contributed by atoms with Gasteiger partial charge in [0.15, 0.2) is 0 Å². The Balaban J connectivity index is 1.34. The Bertz CT molecular complexity index is 1390. The molecule has 0 atom stereocenters. The number of amides is 1. The minimum atomic E-state index is -0.160. The highest BCUT2D eigenvalue weighted by molar-refractivity contribution is 7.21. The van der Waals surface area contributed by atoms with Gasteiger partial charge in [-0.2, -0.15) is 0 Å². The third-order valence-corrected chi connectivity index (χ3v) is 6.23. The first-order valence-corrected chi connectivity index (χ1v) is 11.2. The molecule has 0 bridgehead atoms. The summed E-state index contributed by atoms with van der Waals surface area (Å²) in [5.41, 5.74) is 6.30. The molecule has 0 spiro atoms. The summed E-state index contributed by atoms with van der Waals surface area (Å²) in [6, 6.07) is 31.4. The molecule has 32 heavy (non-hydrogen) atoms. The highest BCUT2D eigenvalue weighted by Crippen LogP contribution is 2.31. The number of anilines is 3. The molecule has 5 aromatic rings. The molecular formula is C27H21N3OS. The molecule has 0 fully saturated rings. The van der Waals surface area contributed by atoms with E-state index in [0.717, 1.165) is 33.1 Å². The summed E-state index contributed by atoms with van der Waals surface area (Å²) < 4.78 is 1.18. The van der Waals surface area contributed by atoms with Crippen LogP contribution in [-0.4, -0.2) is 10.9 Å². The number of rotatable bonds is 5. The molecule has 5 heteroatoms. The topological polar surface area (TPSA) is 54.0 Å². The summed E-state index contributed by atoms with van der Waals surface area (Å²) in [7, 11) is 0. The van der Waals surface area contributed by atoms with Crippen LogP contribution in [0.3, 0.4) is 0 Å². The van der Waals surface area contributed by atoms with Gasteiger partial charge in [0.2, 0.25) is 0 Å². The number of carbonyl (C=O) groups is 1. The predicted octanol–water partition coefficient (Wildman–Crippen LogP) is 7.27. The van der Waals surface area contributed by atoms with E-state index in [9.17, 15) is 4.79 Å². The number of benzene rings is 4. The van der Waals surface area contributed by atoms with Crippen molar-refractivity contribution in [3.05, 3.63) is 108 Å². The predicted molar refractivity (Wildman–Crippen MR) is 134 cm³/mol. The van der Waals surface area contributed by atoms with Gasteiger partial charge in [-0.25, -0.2) is 4.98 Å². The average molecular weight is 436 g/mol. The summed E-state index contributed by atoms with van der Waals surface area (Å²) in [6.45, 7) is 2.09. The number of nitrogens with one attached hydrogen (secondary N) is 2. The molecule has 0 aliphatic carbocycles. The Morgan fingerprint density at radius 3 is 2.38 bits per heavy atom. The zero-order chi connectivity index (χ0) is 21.9. The third-order valence-electron chi connectivity index (χ3n) is 5.16. The Hall–Kier alpha value is -3.96. The zero-order valence-corrected chi connectivity index (χ0v) is 18.3. The molecule has 4 nitrogen and oxygen atoms in total. The van der Waals surface area contributed by atoms with Crippen LogP contribution in [0.1, 0.15) is 15.9 Å². The molecule has 5 rings (SSSR count). The second-order valence-corrected chi connectivity index (χ2v) is 8.59. The smallest absolute Gasteiger partial charge is 0.257 e. The summed E-state index contributed by atoms with van der Waals surface area (Å²) >= 11 is 1.68. The molecule has 1 aromatic heterocycles. The van der Waals surface area contributed by atoms with Crippen LogP contribution >= 0.6 is 11.3 Å². The normalized spacial score (nSPS) is 10.8. The van der Waals surface area contributed by atoms with Crippen molar-refractivity contribution in [2.24, 2.45) is 0 Å². The first-order chi connectivity index (χ1) is 15.7. The second kappa shape index (κ2) is 8.65. The molecule has 0 saturated carbocycles. The fraction of sp³-hybridized carbons (Fsp3) is 0.0370. The molecule has 1 heterocycles. The lowest BCUT2D eigenvalue weighted by Crippen LogP contribution is -2.13. The third kappa shape index (κ3) is 4.24. The Kier molecular flexibility index (Phi) is 5.40. The van der Waals surface area contributed by atoms with Gasteiger partial charge in [-0.3, -0.25) is 4.79 Å². The lowest BCUT2D eigenvalue weighted by Gasteiger charge is -2.12. The van der Waals surface area contributed by atoms with Gasteiger partial charge in [-0.1, -0.05) is 36.4 Å². The molecule has 0 unspecified atom stereocenters. The molecule has 156 valence electrons. The van der Waals surface area contributed by atoms with E-state index in [2.05, 4.69) is 35.8 Å². The van der Waals surface area contributed by atoms with Crippen LogP contribution < -0.4 is 10.6 Å². The Labute approximate surface area is 190 Å². The quantitative estimate of drug-likeness (QED) is 0.305. The molecule has 4 aromatic carbocycles. The van der Waals surface area contributed by atoms with Crippen molar-refractivity contribution in [3.63, 3.8) is 0 Å². The lowest BCUT2D eigenvalue weighted by molar-refractivity contribution is 0.102. The monoisotopic (exact) mass is 435 g/mol. The van der Waals surface area contributed by atoms with Crippen LogP contribution in [0.2, 0.25) is 0 Å². The molecule has 0 radical (unpaired) electrons. The Morgan fingerprint density at radius 2 is 1.56 bits per heavy atom. The maximum atomic E-state index is 13.0. The van der Waals surface area contributed by atoms with E-state index in [-0.39, 0.29) is 5.91 Å². The van der Waals surface area contributed by atoms with Crippen molar-refractivity contribution in [1.82, 2.24) is 4.98 Å². The van der Waals surface area contributed by atoms with E-state index in [1.54, 1.807) is 11.3 Å². The summed E-state index contributed by atoms with van der Waals surface area (Å²) in [4.78, 5) is 17.7. The van der Waals surface area contributed by atoms with Gasteiger partial charge in [-0.15, -0.1) is 11.3 Å². The maximum absolute atomic E-state index is 13.0. The first-order valence-electron chi connectivity index (χ1n) is 10.4. The first kappa shape index (κ1) is 20.0. The van der Waals surface area contributed by atoms with Gasteiger partial charge in [-0.05, 0) is 73.2 Å². The summed E-state index contributed by atoms with van der Waals surface area (Å²) in [6.07, 6.45) is 0. The molecule has 0 aliphatic heterocycles. The molecule has 1 amide bonds. The highest BCUT2D eigenvalue weighted by Gasteiger charge is 2.12. The summed E-state index contributed by atoms with van der Waals surface area (Å²) in [5, 5.41) is 7.29. The zero-order valence-electron chi connectivity index (χ0n) is 17.5. The average Bonchev–Trinajstić information content (AvgIpc) is 3.24. The number of hydrogen-bond acceptors (Lipinski definition) is 4. The number of thiazole rings is 1. The van der Waals surface area contributed by atoms with E-state index in [1.807, 2.05) is 78.9 Å². The van der Waals surface area contributed by atoms with Gasteiger partial charge < -0.3 is 10.6 Å². The van der Waals surface area contributed by atoms with Crippen molar-refractivity contribution in [1.29, 1.82) is 0 Å². The van der Waals surface area contributed by atoms with Crippen molar-refractivity contribution in [3.8, 4) is 10.6 Å². The van der Waals surface area contributed by atoms with Crippen molar-refractivity contribution < 1.29 is 4.79 Å². The van der Waals surface area contributed by atoms with Crippen LogP contribution in [-0.2, 0) is 0 Å². The fourth-order valence-electron chi connectivity index (χ4n) is 3.52. The van der Waals surface area contributed by atoms with Gasteiger partial charge in [0.1, 0.15) is 5.01 Å². The van der Waals surface area contributed by atoms with Gasteiger partial charge in [0.05, 0.1) is 21.5 Å². The number of nitrogens with zero attached hydrogens (tertiary/aromatic N) is 1. The molecular weight excluding hydrogens is 414 g/mol. The molecule has 2 N–H and O–H groups in total. The molecule has 0 saturated heterocycles. The minimum absolute atomic E-state index is 0.160. The van der Waals surface area contributed by atoms with Gasteiger partial charge in [0, 0.05) is 16.9 Å². The summed E-state index contributed by atoms with van der Waals surface area (Å²) in [5.74, 6) is -0.160. The number of aromatic nitrogens is 1. The number of aryl methyl sites for hydroxylation is 1. The van der Waals surface area contributed by atoms with Crippen LogP contribution in [0.5, 0.6) is 0 Å². The lowest BCUT2D eigenvalue weighted by atomic mass is 10.1. The second-order valence-electron chi connectivity index (χ2n) is 7.56. The van der Waals surface area contributed by atoms with Crippen LogP contribution in [0.25, 0.3) is 20.8 Å². The van der Waals surface area contributed by atoms with E-state index in [0.29, 0.717) is 5.56 Å². The van der Waals surface area contributed by atoms with Crippen molar-refractivity contribution >= 4 is 44.5 Å². The number of fused-ring (bicyclic) bond motifs is 1. The van der Waals surface area contributed by atoms with E-state index >= 15 is 0 Å². The van der Waals surface area contributed by atoms with Crippen molar-refractivity contribution in [2.45, 2.75) is 6.92 Å². The largest absolute Gasteiger partial charge is 0.355 e. The van der Waals surface area contributed by atoms with E-state index in [1.165, 1.54) is 10.3 Å². The van der Waals surface area contributed by atoms with E-state index in [4.69, 9.17) is 4.98 Å². The fourth-order valence-corrected chi connectivity index (χ4v) is 4.59. The SMILES string of the molecule is Cc1ccc2nc(-c3ccc(NC(=O)c4ccccc4Nc4ccccc4)cc3)sc2c1. The van der Waals surface area contributed by atoms with Crippen molar-refractivity contribution in [2.75, 3.05) is 10.6 Å². The standard InChI is InChI=1S/C27H21N3OS/c1-18-11-16-24-25(17-18)32-27(30-24)19-12-14-21(15-13-19)29-26(31)22-9-5-6-10-23(22)28-20-7-3-2-4-8-20/h2-17,28H,1H3,(H,29,31). The number of hydrogen-bond donors (Lipinski definition) is 2. The number of para-hydroxylation sites is 2. The van der Waals surface area contributed by atoms with Crippen LogP contribution in [0.15, 0.2) is 97.1 Å². The molecule has 0 aliphatic rings. The minimum Gasteiger partial charge on any atom is -0.355 e. The van der Waals surface area contributed by atoms with Crippen LogP contribution in [0.4, 0.5) is 17.1 Å². The Morgan fingerprint density at radius 1 is 0.812 bits per heavy atom. The highest BCUT2D eigenvalue weighted by atomic mass is 32.1. The van der Waals surface area contributed by atoms with Gasteiger partial charge in [0.25, 0.3) is 5.91 Å². The van der Waals surface area contributed by atoms with Crippen LogP contribution in [0, 0.1) is 6.92 Å². The van der Waals surface area contributed by atoms with E-state index < -0.39 is 0 Å².